The second kappa shape index (κ2) is 5.69. The number of hydrogen-bond donors (Lipinski definition) is 2. The molecule has 1 rings (SSSR count). The van der Waals surface area contributed by atoms with E-state index in [0.29, 0.717) is 25.1 Å². The van der Waals surface area contributed by atoms with Crippen LogP contribution in [0.5, 0.6) is 0 Å². The summed E-state index contributed by atoms with van der Waals surface area (Å²) < 4.78 is 5.35. The van der Waals surface area contributed by atoms with Crippen molar-refractivity contribution in [3.63, 3.8) is 0 Å². The minimum absolute atomic E-state index is 0.360. The first-order valence-corrected chi connectivity index (χ1v) is 5.58. The van der Waals surface area contributed by atoms with Gasteiger partial charge in [0, 0.05) is 19.2 Å². The Morgan fingerprint density at radius 3 is 2.57 bits per heavy atom. The Morgan fingerprint density at radius 1 is 1.43 bits per heavy atom. The van der Waals surface area contributed by atoms with Crippen molar-refractivity contribution in [2.24, 2.45) is 11.8 Å². The molecule has 1 fully saturated rings. The molecule has 0 spiro atoms. The van der Waals surface area contributed by atoms with Crippen LogP contribution in [0.15, 0.2) is 0 Å². The number of aliphatic hydroxyl groups excluding tert-OH is 1. The van der Waals surface area contributed by atoms with Crippen molar-refractivity contribution in [3.8, 4) is 0 Å². The van der Waals surface area contributed by atoms with Crippen molar-refractivity contribution in [1.82, 2.24) is 5.32 Å². The van der Waals surface area contributed by atoms with E-state index in [0.717, 1.165) is 12.5 Å². The molecular weight excluding hydrogens is 178 g/mol. The van der Waals surface area contributed by atoms with Crippen LogP contribution in [0.1, 0.15) is 27.2 Å². The van der Waals surface area contributed by atoms with Gasteiger partial charge in [-0.2, -0.15) is 0 Å². The molecule has 0 amide bonds. The fraction of sp³-hybridized carbons (Fsp3) is 1.00. The lowest BCUT2D eigenvalue weighted by Crippen LogP contribution is -2.32. The first-order chi connectivity index (χ1) is 6.59. The molecule has 0 radical (unpaired) electrons. The fourth-order valence-corrected chi connectivity index (χ4v) is 1.39. The maximum atomic E-state index is 9.54. The summed E-state index contributed by atoms with van der Waals surface area (Å²) in [5.41, 5.74) is 0. The van der Waals surface area contributed by atoms with Crippen LogP contribution in [0, 0.1) is 11.8 Å². The Bertz CT molecular complexity index is 161. The predicted molar refractivity (Wildman–Crippen MR) is 57.2 cm³/mol. The second-order valence-corrected chi connectivity index (χ2v) is 4.81. The summed E-state index contributed by atoms with van der Waals surface area (Å²) in [5.74, 6) is 1.33. The third kappa shape index (κ3) is 4.94. The highest BCUT2D eigenvalue weighted by Crippen LogP contribution is 2.28. The molecule has 14 heavy (non-hydrogen) atoms. The van der Waals surface area contributed by atoms with E-state index in [-0.39, 0.29) is 6.10 Å². The van der Waals surface area contributed by atoms with E-state index in [1.807, 2.05) is 0 Å². The van der Waals surface area contributed by atoms with E-state index < -0.39 is 0 Å². The van der Waals surface area contributed by atoms with Gasteiger partial charge in [0.1, 0.15) is 0 Å². The molecule has 0 aliphatic heterocycles. The minimum atomic E-state index is -0.360. The normalized spacial score (nSPS) is 28.1. The van der Waals surface area contributed by atoms with Crippen LogP contribution in [-0.4, -0.2) is 37.0 Å². The first-order valence-electron chi connectivity index (χ1n) is 5.58. The highest BCUT2D eigenvalue weighted by molar-refractivity contribution is 4.89. The van der Waals surface area contributed by atoms with Crippen LogP contribution in [0.4, 0.5) is 0 Å². The highest BCUT2D eigenvalue weighted by atomic mass is 16.5. The van der Waals surface area contributed by atoms with E-state index in [1.165, 1.54) is 6.42 Å². The van der Waals surface area contributed by atoms with Gasteiger partial charge < -0.3 is 15.2 Å². The molecule has 0 heterocycles. The Hall–Kier alpha value is -0.120. The van der Waals surface area contributed by atoms with Gasteiger partial charge in [0.25, 0.3) is 0 Å². The van der Waals surface area contributed by atoms with Crippen LogP contribution < -0.4 is 5.32 Å². The van der Waals surface area contributed by atoms with E-state index in [9.17, 15) is 5.11 Å². The third-order valence-electron chi connectivity index (χ3n) is 2.49. The van der Waals surface area contributed by atoms with Crippen LogP contribution in [0.2, 0.25) is 0 Å². The maximum absolute atomic E-state index is 9.54. The summed E-state index contributed by atoms with van der Waals surface area (Å²) in [6, 6.07) is 0.634. The van der Waals surface area contributed by atoms with Gasteiger partial charge in [-0.3, -0.25) is 0 Å². The van der Waals surface area contributed by atoms with E-state index in [4.69, 9.17) is 4.74 Å². The van der Waals surface area contributed by atoms with Crippen molar-refractivity contribution < 1.29 is 9.84 Å². The summed E-state index contributed by atoms with van der Waals surface area (Å²) in [6.07, 6.45) is 0.890. The van der Waals surface area contributed by atoms with Gasteiger partial charge >= 0.3 is 0 Å². The average Bonchev–Trinajstić information content (AvgIpc) is 2.78. The standard InChI is InChI=1S/C11H23NO2/c1-8(2)6-14-7-10(13)5-12-11-4-9(11)3/h8-13H,4-7H2,1-3H3. The largest absolute Gasteiger partial charge is 0.389 e. The lowest BCUT2D eigenvalue weighted by Gasteiger charge is -2.13. The third-order valence-corrected chi connectivity index (χ3v) is 2.49. The Labute approximate surface area is 86.8 Å². The van der Waals surface area contributed by atoms with Gasteiger partial charge in [-0.25, -0.2) is 0 Å². The number of aliphatic hydroxyl groups is 1. The Morgan fingerprint density at radius 2 is 2.07 bits per heavy atom. The zero-order chi connectivity index (χ0) is 10.6. The van der Waals surface area contributed by atoms with Gasteiger partial charge in [0.15, 0.2) is 0 Å². The highest BCUT2D eigenvalue weighted by Gasteiger charge is 2.32. The summed E-state index contributed by atoms with van der Waals surface area (Å²) >= 11 is 0. The quantitative estimate of drug-likeness (QED) is 0.646. The van der Waals surface area contributed by atoms with Crippen molar-refractivity contribution in [1.29, 1.82) is 0 Å². The molecule has 1 saturated carbocycles. The number of rotatable bonds is 7. The van der Waals surface area contributed by atoms with Crippen molar-refractivity contribution in [2.45, 2.75) is 39.3 Å². The van der Waals surface area contributed by atoms with Gasteiger partial charge in [0.05, 0.1) is 12.7 Å². The van der Waals surface area contributed by atoms with Crippen molar-refractivity contribution >= 4 is 0 Å². The molecule has 3 nitrogen and oxygen atoms in total. The van der Waals surface area contributed by atoms with Gasteiger partial charge in [-0.1, -0.05) is 20.8 Å². The maximum Gasteiger partial charge on any atom is 0.0897 e. The summed E-state index contributed by atoms with van der Waals surface area (Å²) in [4.78, 5) is 0. The summed E-state index contributed by atoms with van der Waals surface area (Å²) in [7, 11) is 0. The summed E-state index contributed by atoms with van der Waals surface area (Å²) in [6.45, 7) is 8.28. The van der Waals surface area contributed by atoms with Crippen molar-refractivity contribution in [3.05, 3.63) is 0 Å². The molecule has 3 unspecified atom stereocenters. The number of nitrogens with one attached hydrogen (secondary N) is 1. The molecule has 0 bridgehead atoms. The zero-order valence-electron chi connectivity index (χ0n) is 9.49. The van der Waals surface area contributed by atoms with E-state index >= 15 is 0 Å². The molecular formula is C11H23NO2. The average molecular weight is 201 g/mol. The molecule has 0 saturated heterocycles. The molecule has 2 N–H and O–H groups in total. The number of ether oxygens (including phenoxy) is 1. The van der Waals surface area contributed by atoms with E-state index in [2.05, 4.69) is 26.1 Å². The summed E-state index contributed by atoms with van der Waals surface area (Å²) in [5, 5.41) is 12.9. The smallest absolute Gasteiger partial charge is 0.0897 e. The minimum Gasteiger partial charge on any atom is -0.389 e. The van der Waals surface area contributed by atoms with Crippen LogP contribution >= 0.6 is 0 Å². The topological polar surface area (TPSA) is 41.5 Å². The SMILES string of the molecule is CC(C)COCC(O)CNC1CC1C. The van der Waals surface area contributed by atoms with Crippen LogP contribution in [0.25, 0.3) is 0 Å². The monoisotopic (exact) mass is 201 g/mol. The molecule has 3 atom stereocenters. The molecule has 0 aromatic carbocycles. The Balaban J connectivity index is 1.90. The first kappa shape index (κ1) is 12.0. The van der Waals surface area contributed by atoms with Gasteiger partial charge in [0.2, 0.25) is 0 Å². The molecule has 1 aliphatic carbocycles. The molecule has 1 aliphatic rings. The Kier molecular flexibility index (Phi) is 4.85. The van der Waals surface area contributed by atoms with Gasteiger partial charge in [-0.05, 0) is 18.3 Å². The molecule has 84 valence electrons. The fourth-order valence-electron chi connectivity index (χ4n) is 1.39. The molecule has 3 heteroatoms. The molecule has 0 aromatic rings. The van der Waals surface area contributed by atoms with E-state index in [1.54, 1.807) is 0 Å². The number of hydrogen-bond acceptors (Lipinski definition) is 3. The lowest BCUT2D eigenvalue weighted by molar-refractivity contribution is 0.0259. The molecule has 0 aromatic heterocycles. The lowest BCUT2D eigenvalue weighted by atomic mass is 10.2. The zero-order valence-corrected chi connectivity index (χ0v) is 9.49. The van der Waals surface area contributed by atoms with Crippen LogP contribution in [0.3, 0.4) is 0 Å². The predicted octanol–water partition coefficient (Wildman–Crippen LogP) is 1.02. The van der Waals surface area contributed by atoms with Crippen LogP contribution in [-0.2, 0) is 4.74 Å². The van der Waals surface area contributed by atoms with Crippen molar-refractivity contribution in [2.75, 3.05) is 19.8 Å². The second-order valence-electron chi connectivity index (χ2n) is 4.81. The van der Waals surface area contributed by atoms with Gasteiger partial charge in [-0.15, -0.1) is 0 Å².